The third-order valence-corrected chi connectivity index (χ3v) is 2.70. The predicted octanol–water partition coefficient (Wildman–Crippen LogP) is 1.53. The number of nitrogens with zero attached hydrogens (tertiary/aromatic N) is 1. The summed E-state index contributed by atoms with van der Waals surface area (Å²) in [4.78, 5) is 3.98. The summed E-state index contributed by atoms with van der Waals surface area (Å²) in [5.74, 6) is 0.883. The first-order chi connectivity index (χ1) is 7.34. The molecule has 1 aromatic heterocycles. The Labute approximate surface area is 118 Å². The van der Waals surface area contributed by atoms with Crippen LogP contribution in [0.5, 0.6) is 0 Å². The van der Waals surface area contributed by atoms with Crippen molar-refractivity contribution in [1.29, 1.82) is 5.41 Å². The zero-order chi connectivity index (χ0) is 10.9. The van der Waals surface area contributed by atoms with Gasteiger partial charge in [-0.3, -0.25) is 10.4 Å². The molecule has 1 heterocycles. The summed E-state index contributed by atoms with van der Waals surface area (Å²) in [6, 6.07) is 3.74. The second-order valence-corrected chi connectivity index (χ2v) is 4.06. The molecular weight excluding hydrogens is 279 g/mol. The van der Waals surface area contributed by atoms with Crippen LogP contribution in [0.2, 0.25) is 0 Å². The van der Waals surface area contributed by atoms with Gasteiger partial charge in [-0.25, -0.2) is 0 Å². The van der Waals surface area contributed by atoms with Crippen molar-refractivity contribution < 1.29 is 0 Å². The fourth-order valence-electron chi connectivity index (χ4n) is 1.03. The van der Waals surface area contributed by atoms with Crippen LogP contribution >= 0.6 is 36.6 Å². The lowest BCUT2D eigenvalue weighted by Crippen LogP contribution is -2.24. The Hall–Kier alpha value is -0.330. The highest BCUT2D eigenvalue weighted by Gasteiger charge is 2.00. The van der Waals surface area contributed by atoms with E-state index in [1.54, 1.807) is 12.4 Å². The van der Waals surface area contributed by atoms with Crippen molar-refractivity contribution in [1.82, 2.24) is 10.3 Å². The zero-order valence-electron chi connectivity index (χ0n) is 9.39. The molecule has 0 aliphatic heterocycles. The lowest BCUT2D eigenvalue weighted by Gasteiger charge is -2.04. The van der Waals surface area contributed by atoms with E-state index in [2.05, 4.69) is 10.3 Å². The Kier molecular flexibility index (Phi) is 13.6. The van der Waals surface area contributed by atoms with E-state index < -0.39 is 0 Å². The van der Waals surface area contributed by atoms with Crippen LogP contribution < -0.4 is 11.1 Å². The van der Waals surface area contributed by atoms with Crippen molar-refractivity contribution in [2.45, 2.75) is 0 Å². The highest BCUT2D eigenvalue weighted by molar-refractivity contribution is 8.14. The molecule has 98 valence electrons. The Morgan fingerprint density at radius 1 is 1.41 bits per heavy atom. The molecule has 0 unspecified atom stereocenters. The first-order valence-electron chi connectivity index (χ1n) is 4.87. The Morgan fingerprint density at radius 3 is 2.76 bits per heavy atom. The van der Waals surface area contributed by atoms with E-state index in [9.17, 15) is 0 Å². The number of aromatic nitrogens is 1. The minimum absolute atomic E-state index is 0. The van der Waals surface area contributed by atoms with Crippen molar-refractivity contribution >= 4 is 41.6 Å². The third kappa shape index (κ3) is 8.40. The summed E-state index contributed by atoms with van der Waals surface area (Å²) in [5, 5.41) is 11.5. The van der Waals surface area contributed by atoms with Gasteiger partial charge in [0.1, 0.15) is 0 Å². The maximum Gasteiger partial charge on any atom is 0.0958 e. The van der Waals surface area contributed by atoms with Gasteiger partial charge in [-0.15, -0.1) is 36.6 Å². The van der Waals surface area contributed by atoms with Crippen LogP contribution in [-0.2, 0) is 0 Å². The second-order valence-electron chi connectivity index (χ2n) is 2.96. The zero-order valence-corrected chi connectivity index (χ0v) is 11.8. The molecular formula is C10H18Cl2N4S. The van der Waals surface area contributed by atoms with E-state index in [4.69, 9.17) is 11.1 Å². The summed E-state index contributed by atoms with van der Waals surface area (Å²) < 4.78 is 0. The molecule has 17 heavy (non-hydrogen) atoms. The lowest BCUT2D eigenvalue weighted by molar-refractivity contribution is 0.730. The molecule has 0 spiro atoms. The minimum atomic E-state index is 0. The standard InChI is InChI=1S/C10H16N4S.2ClH/c11-3-5-13-6-7-15-10(12)9-2-1-4-14-8-9;;/h1-2,4,8,12-13H,3,5-7,11H2;2*1H. The number of halogens is 2. The molecule has 0 saturated carbocycles. The number of nitrogens with two attached hydrogens (primary N) is 1. The average molecular weight is 297 g/mol. The minimum Gasteiger partial charge on any atom is -0.329 e. The van der Waals surface area contributed by atoms with Crippen LogP contribution in [0.1, 0.15) is 5.56 Å². The molecule has 7 heteroatoms. The van der Waals surface area contributed by atoms with Crippen molar-refractivity contribution in [3.63, 3.8) is 0 Å². The van der Waals surface area contributed by atoms with Gasteiger partial charge >= 0.3 is 0 Å². The molecule has 0 aromatic carbocycles. The second kappa shape index (κ2) is 12.1. The summed E-state index contributed by atoms with van der Waals surface area (Å²) in [6.45, 7) is 2.37. The van der Waals surface area contributed by atoms with Crippen LogP contribution in [0.15, 0.2) is 24.5 Å². The molecule has 1 aromatic rings. The van der Waals surface area contributed by atoms with Crippen molar-refractivity contribution in [3.05, 3.63) is 30.1 Å². The smallest absolute Gasteiger partial charge is 0.0958 e. The topological polar surface area (TPSA) is 74.8 Å². The lowest BCUT2D eigenvalue weighted by atomic mass is 10.3. The first kappa shape index (κ1) is 19.0. The molecule has 0 aliphatic carbocycles. The first-order valence-corrected chi connectivity index (χ1v) is 5.85. The summed E-state index contributed by atoms with van der Waals surface area (Å²) in [5.41, 5.74) is 6.22. The molecule has 0 fully saturated rings. The average Bonchev–Trinajstić information content (AvgIpc) is 2.30. The van der Waals surface area contributed by atoms with E-state index in [-0.39, 0.29) is 24.8 Å². The van der Waals surface area contributed by atoms with Gasteiger partial charge in [0.15, 0.2) is 0 Å². The Morgan fingerprint density at radius 2 is 2.18 bits per heavy atom. The molecule has 0 bridgehead atoms. The molecule has 4 nitrogen and oxygen atoms in total. The van der Waals surface area contributed by atoms with Gasteiger partial charge in [-0.2, -0.15) is 0 Å². The molecule has 0 amide bonds. The SMILES string of the molecule is Cl.Cl.N=C(SCCNCCN)c1cccnc1. The predicted molar refractivity (Wildman–Crippen MR) is 79.9 cm³/mol. The number of thioether (sulfide) groups is 1. The maximum atomic E-state index is 7.78. The monoisotopic (exact) mass is 296 g/mol. The van der Waals surface area contributed by atoms with Crippen LogP contribution in [0.25, 0.3) is 0 Å². The largest absolute Gasteiger partial charge is 0.329 e. The number of hydrogen-bond acceptors (Lipinski definition) is 5. The van der Waals surface area contributed by atoms with Crippen molar-refractivity contribution in [2.24, 2.45) is 5.73 Å². The molecule has 0 saturated heterocycles. The van der Waals surface area contributed by atoms with Crippen LogP contribution in [0.3, 0.4) is 0 Å². The number of pyridine rings is 1. The maximum absolute atomic E-state index is 7.78. The molecule has 0 atom stereocenters. The highest BCUT2D eigenvalue weighted by Crippen LogP contribution is 2.09. The number of hydrogen-bond donors (Lipinski definition) is 3. The normalized spacial score (nSPS) is 9.00. The molecule has 1 rings (SSSR count). The quantitative estimate of drug-likeness (QED) is 0.423. The Balaban J connectivity index is 0. The third-order valence-electron chi connectivity index (χ3n) is 1.77. The molecule has 4 N–H and O–H groups in total. The number of rotatable bonds is 6. The van der Waals surface area contributed by atoms with E-state index in [0.717, 1.165) is 24.4 Å². The van der Waals surface area contributed by atoms with Gasteiger partial charge in [-0.05, 0) is 12.1 Å². The van der Waals surface area contributed by atoms with Crippen molar-refractivity contribution in [3.8, 4) is 0 Å². The van der Waals surface area contributed by atoms with E-state index in [1.807, 2.05) is 12.1 Å². The van der Waals surface area contributed by atoms with E-state index in [1.165, 1.54) is 11.8 Å². The molecule has 0 radical (unpaired) electrons. The summed E-state index contributed by atoms with van der Waals surface area (Å²) in [7, 11) is 0. The summed E-state index contributed by atoms with van der Waals surface area (Å²) >= 11 is 1.52. The van der Waals surface area contributed by atoms with Gasteiger partial charge < -0.3 is 11.1 Å². The van der Waals surface area contributed by atoms with E-state index in [0.29, 0.717) is 11.6 Å². The van der Waals surface area contributed by atoms with Crippen LogP contribution in [0.4, 0.5) is 0 Å². The van der Waals surface area contributed by atoms with Crippen LogP contribution in [0, 0.1) is 5.41 Å². The van der Waals surface area contributed by atoms with Crippen molar-refractivity contribution in [2.75, 3.05) is 25.4 Å². The van der Waals surface area contributed by atoms with Gasteiger partial charge in [0, 0.05) is 43.3 Å². The van der Waals surface area contributed by atoms with E-state index >= 15 is 0 Å². The van der Waals surface area contributed by atoms with Gasteiger partial charge in [-0.1, -0.05) is 0 Å². The molecule has 0 aliphatic rings. The Bertz CT molecular complexity index is 298. The fourth-order valence-corrected chi connectivity index (χ4v) is 1.77. The van der Waals surface area contributed by atoms with Gasteiger partial charge in [0.25, 0.3) is 0 Å². The fraction of sp³-hybridized carbons (Fsp3) is 0.400. The highest BCUT2D eigenvalue weighted by atomic mass is 35.5. The van der Waals surface area contributed by atoms with Gasteiger partial charge in [0.05, 0.1) is 5.04 Å². The summed E-state index contributed by atoms with van der Waals surface area (Å²) in [6.07, 6.45) is 3.42. The number of nitrogens with one attached hydrogen (secondary N) is 2. The van der Waals surface area contributed by atoms with Gasteiger partial charge in [0.2, 0.25) is 0 Å². The van der Waals surface area contributed by atoms with Crippen LogP contribution in [-0.4, -0.2) is 35.4 Å².